The van der Waals surface area contributed by atoms with E-state index < -0.39 is 0 Å². The lowest BCUT2D eigenvalue weighted by Gasteiger charge is -2.33. The van der Waals surface area contributed by atoms with Gasteiger partial charge in [-0.15, -0.1) is 0 Å². The van der Waals surface area contributed by atoms with Gasteiger partial charge >= 0.3 is 0 Å². The lowest BCUT2D eigenvalue weighted by Crippen LogP contribution is -2.47. The molecule has 1 aromatic heterocycles. The zero-order valence-corrected chi connectivity index (χ0v) is 12.4. The van der Waals surface area contributed by atoms with Gasteiger partial charge in [0.15, 0.2) is 0 Å². The van der Waals surface area contributed by atoms with Crippen LogP contribution in [0.15, 0.2) is 4.47 Å². The van der Waals surface area contributed by atoms with Crippen LogP contribution < -0.4 is 5.73 Å². The fourth-order valence-corrected chi connectivity index (χ4v) is 3.01. The average Bonchev–Trinajstić information content (AvgIpc) is 2.56. The number of hydrogen-bond acceptors (Lipinski definition) is 3. The molecule has 0 bridgehead atoms. The molecule has 1 saturated heterocycles. The van der Waals surface area contributed by atoms with Crippen molar-refractivity contribution in [2.75, 3.05) is 6.54 Å². The van der Waals surface area contributed by atoms with E-state index in [1.807, 2.05) is 18.7 Å². The first-order valence-corrected chi connectivity index (χ1v) is 7.01. The minimum atomic E-state index is -0.218. The summed E-state index contributed by atoms with van der Waals surface area (Å²) >= 11 is 3.56. The SMILES string of the molecule is Cc1nn(C)c(CN2CCCCC2C(N)=O)c1Br. The predicted octanol–water partition coefficient (Wildman–Crippen LogP) is 1.33. The fourth-order valence-electron chi connectivity index (χ4n) is 2.55. The van der Waals surface area contributed by atoms with Crippen molar-refractivity contribution in [3.8, 4) is 0 Å². The third kappa shape index (κ3) is 2.59. The van der Waals surface area contributed by atoms with Crippen molar-refractivity contribution in [1.82, 2.24) is 14.7 Å². The van der Waals surface area contributed by atoms with Crippen LogP contribution in [-0.4, -0.2) is 33.2 Å². The summed E-state index contributed by atoms with van der Waals surface area (Å²) in [6, 6.07) is -0.138. The second kappa shape index (κ2) is 5.40. The second-order valence-electron chi connectivity index (χ2n) is 4.85. The molecule has 5 nitrogen and oxygen atoms in total. The molecule has 1 aliphatic rings. The Morgan fingerprint density at radius 1 is 1.56 bits per heavy atom. The highest BCUT2D eigenvalue weighted by molar-refractivity contribution is 9.10. The zero-order chi connectivity index (χ0) is 13.3. The first-order chi connectivity index (χ1) is 8.50. The molecule has 0 aliphatic carbocycles. The summed E-state index contributed by atoms with van der Waals surface area (Å²) in [6.07, 6.45) is 3.07. The van der Waals surface area contributed by atoms with Gasteiger partial charge in [-0.3, -0.25) is 14.4 Å². The molecule has 18 heavy (non-hydrogen) atoms. The third-order valence-corrected chi connectivity index (χ3v) is 4.59. The highest BCUT2D eigenvalue weighted by atomic mass is 79.9. The number of rotatable bonds is 3. The highest BCUT2D eigenvalue weighted by Gasteiger charge is 2.28. The molecule has 0 aromatic carbocycles. The van der Waals surface area contributed by atoms with Crippen LogP contribution in [0.5, 0.6) is 0 Å². The summed E-state index contributed by atoms with van der Waals surface area (Å²) in [5.41, 5.74) is 7.55. The largest absolute Gasteiger partial charge is 0.368 e. The normalized spacial score (nSPS) is 21.2. The summed E-state index contributed by atoms with van der Waals surface area (Å²) in [7, 11) is 1.93. The molecule has 1 fully saturated rings. The molecule has 0 saturated carbocycles. The Hall–Kier alpha value is -0.880. The van der Waals surface area contributed by atoms with Gasteiger partial charge in [-0.1, -0.05) is 6.42 Å². The number of nitrogens with zero attached hydrogens (tertiary/aromatic N) is 3. The summed E-state index contributed by atoms with van der Waals surface area (Å²) in [5, 5.41) is 4.37. The summed E-state index contributed by atoms with van der Waals surface area (Å²) in [5.74, 6) is -0.218. The minimum Gasteiger partial charge on any atom is -0.368 e. The van der Waals surface area contributed by atoms with Crippen LogP contribution in [0.1, 0.15) is 30.7 Å². The van der Waals surface area contributed by atoms with Gasteiger partial charge in [-0.05, 0) is 42.2 Å². The van der Waals surface area contributed by atoms with Crippen molar-refractivity contribution >= 4 is 21.8 Å². The average molecular weight is 315 g/mol. The first-order valence-electron chi connectivity index (χ1n) is 6.22. The third-order valence-electron chi connectivity index (χ3n) is 3.56. The van der Waals surface area contributed by atoms with E-state index in [0.29, 0.717) is 6.54 Å². The standard InChI is InChI=1S/C12H19BrN4O/c1-8-11(13)10(16(2)15-8)7-17-6-4-3-5-9(17)12(14)18/h9H,3-7H2,1-2H3,(H2,14,18). The van der Waals surface area contributed by atoms with E-state index in [2.05, 4.69) is 25.9 Å². The number of halogens is 1. The van der Waals surface area contributed by atoms with E-state index in [9.17, 15) is 4.79 Å². The Labute approximate surface area is 115 Å². The maximum Gasteiger partial charge on any atom is 0.234 e. The fraction of sp³-hybridized carbons (Fsp3) is 0.667. The number of nitrogens with two attached hydrogens (primary N) is 1. The molecule has 100 valence electrons. The Morgan fingerprint density at radius 2 is 2.28 bits per heavy atom. The van der Waals surface area contributed by atoms with Crippen LogP contribution in [0, 0.1) is 6.92 Å². The maximum atomic E-state index is 11.5. The van der Waals surface area contributed by atoms with E-state index in [1.165, 1.54) is 0 Å². The van der Waals surface area contributed by atoms with Gasteiger partial charge < -0.3 is 5.73 Å². The molecule has 1 unspecified atom stereocenters. The van der Waals surface area contributed by atoms with E-state index in [1.54, 1.807) is 0 Å². The Balaban J connectivity index is 2.18. The molecule has 2 heterocycles. The van der Waals surface area contributed by atoms with Crippen molar-refractivity contribution in [3.05, 3.63) is 15.9 Å². The lowest BCUT2D eigenvalue weighted by molar-refractivity contribution is -0.124. The number of primary amides is 1. The van der Waals surface area contributed by atoms with Crippen molar-refractivity contribution in [2.24, 2.45) is 12.8 Å². The second-order valence-corrected chi connectivity index (χ2v) is 5.65. The quantitative estimate of drug-likeness (QED) is 0.915. The van der Waals surface area contributed by atoms with Gasteiger partial charge in [0.05, 0.1) is 21.9 Å². The van der Waals surface area contributed by atoms with Crippen LogP contribution in [0.2, 0.25) is 0 Å². The molecule has 2 N–H and O–H groups in total. The molecule has 1 aromatic rings. The smallest absolute Gasteiger partial charge is 0.234 e. The van der Waals surface area contributed by atoms with E-state index in [4.69, 9.17) is 5.73 Å². The molecule has 0 radical (unpaired) electrons. The summed E-state index contributed by atoms with van der Waals surface area (Å²) < 4.78 is 2.89. The predicted molar refractivity (Wildman–Crippen MR) is 72.9 cm³/mol. The number of carbonyl (C=O) groups is 1. The van der Waals surface area contributed by atoms with E-state index >= 15 is 0 Å². The molecule has 2 rings (SSSR count). The van der Waals surface area contributed by atoms with Gasteiger partial charge in [-0.2, -0.15) is 5.10 Å². The van der Waals surface area contributed by atoms with Crippen molar-refractivity contribution in [3.63, 3.8) is 0 Å². The van der Waals surface area contributed by atoms with Crippen LogP contribution in [-0.2, 0) is 18.4 Å². The van der Waals surface area contributed by atoms with Crippen molar-refractivity contribution in [1.29, 1.82) is 0 Å². The van der Waals surface area contributed by atoms with Crippen LogP contribution >= 0.6 is 15.9 Å². The lowest BCUT2D eigenvalue weighted by atomic mass is 10.0. The molecule has 0 spiro atoms. The van der Waals surface area contributed by atoms with Gasteiger partial charge in [-0.25, -0.2) is 0 Å². The monoisotopic (exact) mass is 314 g/mol. The van der Waals surface area contributed by atoms with Gasteiger partial charge in [0.2, 0.25) is 5.91 Å². The molecular weight excluding hydrogens is 296 g/mol. The molecule has 1 atom stereocenters. The van der Waals surface area contributed by atoms with Crippen LogP contribution in [0.3, 0.4) is 0 Å². The van der Waals surface area contributed by atoms with Crippen molar-refractivity contribution < 1.29 is 4.79 Å². The van der Waals surface area contributed by atoms with Gasteiger partial charge in [0.25, 0.3) is 0 Å². The Kier molecular flexibility index (Phi) is 4.07. The topological polar surface area (TPSA) is 64.2 Å². The van der Waals surface area contributed by atoms with Gasteiger partial charge in [0.1, 0.15) is 0 Å². The minimum absolute atomic E-state index is 0.138. The Morgan fingerprint density at radius 3 is 2.83 bits per heavy atom. The van der Waals surface area contributed by atoms with Gasteiger partial charge in [0, 0.05) is 13.6 Å². The number of aromatic nitrogens is 2. The Bertz CT molecular complexity index is 457. The molecule has 6 heteroatoms. The maximum absolute atomic E-state index is 11.5. The number of likely N-dealkylation sites (tertiary alicyclic amines) is 1. The number of aryl methyl sites for hydroxylation is 2. The van der Waals surface area contributed by atoms with Crippen molar-refractivity contribution in [2.45, 2.75) is 38.8 Å². The summed E-state index contributed by atoms with van der Waals surface area (Å²) in [4.78, 5) is 13.6. The molecule has 1 amide bonds. The molecule has 1 aliphatic heterocycles. The number of carbonyl (C=O) groups excluding carboxylic acids is 1. The number of piperidine rings is 1. The first kappa shape index (κ1) is 13.5. The van der Waals surface area contributed by atoms with Crippen LogP contribution in [0.25, 0.3) is 0 Å². The molecular formula is C12H19BrN4O. The van der Waals surface area contributed by atoms with E-state index in [0.717, 1.165) is 41.7 Å². The number of amides is 1. The highest BCUT2D eigenvalue weighted by Crippen LogP contribution is 2.25. The number of hydrogen-bond donors (Lipinski definition) is 1. The van der Waals surface area contributed by atoms with Crippen LogP contribution in [0.4, 0.5) is 0 Å². The van der Waals surface area contributed by atoms with E-state index in [-0.39, 0.29) is 11.9 Å². The zero-order valence-electron chi connectivity index (χ0n) is 10.8. The summed E-state index contributed by atoms with van der Waals surface area (Å²) in [6.45, 7) is 3.60.